The average Bonchev–Trinajstić information content (AvgIpc) is 3.52. The number of hydrogen-bond donors (Lipinski definition) is 3. The molecule has 2 fully saturated rings. The molecule has 4 N–H and O–H groups in total. The van der Waals surface area contributed by atoms with Gasteiger partial charge in [0.2, 0.25) is 0 Å². The Balaban J connectivity index is 1.10. The first-order chi connectivity index (χ1) is 25.0. The van der Waals surface area contributed by atoms with Gasteiger partial charge in [0.1, 0.15) is 11.3 Å². The number of rotatable bonds is 10. The molecule has 0 unspecified atom stereocenters. The SMILES string of the molecule is Nc1ncccc1-c1nc2ccc(-c3cccc(N4CCO[C@H](COCc5ccccc5)C4)c3)nc2n1-c1ccc(C2(NC(=O)O)CCC2)cc1. The minimum Gasteiger partial charge on any atom is -0.465 e. The van der Waals surface area contributed by atoms with Gasteiger partial charge < -0.3 is 30.5 Å². The summed E-state index contributed by atoms with van der Waals surface area (Å²) in [5.41, 5.74) is 13.7. The van der Waals surface area contributed by atoms with E-state index in [9.17, 15) is 9.90 Å². The van der Waals surface area contributed by atoms with Crippen LogP contribution in [-0.2, 0) is 21.6 Å². The number of carbonyl (C=O) groups is 1. The Morgan fingerprint density at radius 1 is 0.961 bits per heavy atom. The van der Waals surface area contributed by atoms with Crippen molar-refractivity contribution in [2.45, 2.75) is 37.5 Å². The molecule has 8 rings (SSSR count). The number of benzene rings is 3. The van der Waals surface area contributed by atoms with E-state index in [0.29, 0.717) is 48.2 Å². The summed E-state index contributed by atoms with van der Waals surface area (Å²) in [7, 11) is 0. The van der Waals surface area contributed by atoms with Crippen LogP contribution in [0.4, 0.5) is 16.3 Å². The normalized spacial score (nSPS) is 16.9. The maximum Gasteiger partial charge on any atom is 0.405 e. The smallest absolute Gasteiger partial charge is 0.405 e. The summed E-state index contributed by atoms with van der Waals surface area (Å²) in [5, 5.41) is 12.3. The molecule has 1 amide bonds. The van der Waals surface area contributed by atoms with E-state index >= 15 is 0 Å². The third-order valence-corrected chi connectivity index (χ3v) is 9.88. The molecular formula is C40H39N7O4. The number of nitrogen functional groups attached to an aromatic ring is 1. The molecule has 0 spiro atoms. The van der Waals surface area contributed by atoms with E-state index in [4.69, 9.17) is 25.2 Å². The molecule has 11 heteroatoms. The molecule has 51 heavy (non-hydrogen) atoms. The molecule has 4 heterocycles. The highest BCUT2D eigenvalue weighted by molar-refractivity contribution is 5.85. The van der Waals surface area contributed by atoms with Crippen molar-refractivity contribution in [1.29, 1.82) is 0 Å². The van der Waals surface area contributed by atoms with E-state index in [-0.39, 0.29) is 6.10 Å². The minimum atomic E-state index is -1.02. The molecule has 11 nitrogen and oxygen atoms in total. The number of morpholine rings is 1. The Morgan fingerprint density at radius 2 is 1.80 bits per heavy atom. The third-order valence-electron chi connectivity index (χ3n) is 9.88. The van der Waals surface area contributed by atoms with Crippen LogP contribution in [0.5, 0.6) is 0 Å². The molecule has 0 radical (unpaired) electrons. The summed E-state index contributed by atoms with van der Waals surface area (Å²) in [6.45, 7) is 3.22. The van der Waals surface area contributed by atoms with Crippen LogP contribution in [0.15, 0.2) is 109 Å². The molecule has 1 aliphatic carbocycles. The molecular weight excluding hydrogens is 642 g/mol. The van der Waals surface area contributed by atoms with Crippen molar-refractivity contribution in [2.24, 2.45) is 0 Å². The lowest BCUT2D eigenvalue weighted by Gasteiger charge is -2.42. The molecule has 1 atom stereocenters. The standard InChI is InChI=1S/C40H39N7O4/c41-36-33(11-5-20-42-36)37-44-35-17-16-34(43-38(35)47(37)30-14-12-29(13-15-30)40(18-6-19-40)45-39(48)49)28-9-4-10-31(23-28)46-21-22-51-32(24-46)26-50-25-27-7-2-1-3-8-27/h1-5,7-17,20,23,32,45H,6,18-19,21-22,24-26H2,(H2,41,42)(H,48,49)/t32-/m0/s1. The number of carboxylic acid groups (broad SMARTS) is 1. The maximum atomic E-state index is 11.6. The van der Waals surface area contributed by atoms with Gasteiger partial charge in [-0.25, -0.2) is 19.7 Å². The topological polar surface area (TPSA) is 141 Å². The van der Waals surface area contributed by atoms with Crippen LogP contribution in [0.3, 0.4) is 0 Å². The predicted octanol–water partition coefficient (Wildman–Crippen LogP) is 6.80. The van der Waals surface area contributed by atoms with Crippen LogP contribution in [-0.4, -0.2) is 63.1 Å². The number of pyridine rings is 2. The number of nitrogens with two attached hydrogens (primary N) is 1. The number of nitrogens with zero attached hydrogens (tertiary/aromatic N) is 5. The van der Waals surface area contributed by atoms with E-state index in [0.717, 1.165) is 66.1 Å². The van der Waals surface area contributed by atoms with E-state index in [1.165, 1.54) is 0 Å². The number of fused-ring (bicyclic) bond motifs is 1. The van der Waals surface area contributed by atoms with Crippen molar-refractivity contribution in [2.75, 3.05) is 36.9 Å². The van der Waals surface area contributed by atoms with Crippen LogP contribution in [0.25, 0.3) is 39.5 Å². The number of imidazole rings is 1. The molecule has 6 aromatic rings. The maximum absolute atomic E-state index is 11.6. The highest BCUT2D eigenvalue weighted by atomic mass is 16.5. The van der Waals surface area contributed by atoms with Gasteiger partial charge in [0, 0.05) is 36.2 Å². The second-order valence-corrected chi connectivity index (χ2v) is 13.1. The lowest BCUT2D eigenvalue weighted by molar-refractivity contribution is -0.0283. The van der Waals surface area contributed by atoms with E-state index in [1.54, 1.807) is 6.20 Å². The predicted molar refractivity (Wildman–Crippen MR) is 197 cm³/mol. The van der Waals surface area contributed by atoms with Gasteiger partial charge in [-0.1, -0.05) is 54.6 Å². The number of nitrogens with one attached hydrogen (secondary N) is 1. The molecule has 1 saturated heterocycles. The highest BCUT2D eigenvalue weighted by Gasteiger charge is 2.40. The van der Waals surface area contributed by atoms with Crippen LogP contribution < -0.4 is 16.0 Å². The molecule has 3 aromatic heterocycles. The molecule has 0 bridgehead atoms. The van der Waals surface area contributed by atoms with E-state index in [1.807, 2.05) is 71.3 Å². The number of aromatic nitrogens is 4. The van der Waals surface area contributed by atoms with Crippen molar-refractivity contribution in [3.05, 3.63) is 120 Å². The van der Waals surface area contributed by atoms with Crippen molar-refractivity contribution in [3.8, 4) is 28.3 Å². The number of amides is 1. The van der Waals surface area contributed by atoms with Gasteiger partial charge in [0.05, 0.1) is 42.7 Å². The fraction of sp³-hybridized carbons (Fsp3) is 0.250. The van der Waals surface area contributed by atoms with Crippen molar-refractivity contribution in [3.63, 3.8) is 0 Å². The lowest BCUT2D eigenvalue weighted by atomic mass is 9.72. The minimum absolute atomic E-state index is 0.0289. The second-order valence-electron chi connectivity index (χ2n) is 13.1. The van der Waals surface area contributed by atoms with Gasteiger partial charge in [-0.2, -0.15) is 0 Å². The van der Waals surface area contributed by atoms with Gasteiger partial charge in [-0.05, 0) is 78.9 Å². The van der Waals surface area contributed by atoms with E-state index in [2.05, 4.69) is 51.6 Å². The Bertz CT molecular complexity index is 2170. The fourth-order valence-electron chi connectivity index (χ4n) is 7.10. The molecule has 1 aliphatic heterocycles. The Kier molecular flexibility index (Phi) is 8.81. The molecule has 3 aromatic carbocycles. The average molecular weight is 682 g/mol. The van der Waals surface area contributed by atoms with Gasteiger partial charge in [-0.3, -0.25) is 4.57 Å². The zero-order chi connectivity index (χ0) is 34.8. The first-order valence-corrected chi connectivity index (χ1v) is 17.3. The Morgan fingerprint density at radius 3 is 2.57 bits per heavy atom. The summed E-state index contributed by atoms with van der Waals surface area (Å²) in [6, 6.07) is 34.3. The Labute approximate surface area is 295 Å². The monoisotopic (exact) mass is 681 g/mol. The van der Waals surface area contributed by atoms with Gasteiger partial charge in [-0.15, -0.1) is 0 Å². The molecule has 258 valence electrons. The van der Waals surface area contributed by atoms with Crippen LogP contribution >= 0.6 is 0 Å². The summed E-state index contributed by atoms with van der Waals surface area (Å²) >= 11 is 0. The van der Waals surface area contributed by atoms with Crippen molar-refractivity contribution in [1.82, 2.24) is 24.8 Å². The van der Waals surface area contributed by atoms with Crippen molar-refractivity contribution >= 4 is 28.8 Å². The summed E-state index contributed by atoms with van der Waals surface area (Å²) in [6.07, 6.45) is 3.12. The molecule has 1 saturated carbocycles. The van der Waals surface area contributed by atoms with Gasteiger partial charge >= 0.3 is 6.09 Å². The molecule has 2 aliphatic rings. The number of hydrogen-bond acceptors (Lipinski definition) is 8. The largest absolute Gasteiger partial charge is 0.465 e. The first-order valence-electron chi connectivity index (χ1n) is 17.3. The van der Waals surface area contributed by atoms with E-state index < -0.39 is 11.6 Å². The van der Waals surface area contributed by atoms with Crippen LogP contribution in [0, 0.1) is 0 Å². The highest BCUT2D eigenvalue weighted by Crippen LogP contribution is 2.42. The van der Waals surface area contributed by atoms with Crippen LogP contribution in [0.1, 0.15) is 30.4 Å². The lowest BCUT2D eigenvalue weighted by Crippen LogP contribution is -2.50. The fourth-order valence-corrected chi connectivity index (χ4v) is 7.10. The summed E-state index contributed by atoms with van der Waals surface area (Å²) < 4.78 is 14.1. The number of ether oxygens (including phenoxy) is 2. The number of anilines is 2. The zero-order valence-corrected chi connectivity index (χ0v) is 28.1. The summed E-state index contributed by atoms with van der Waals surface area (Å²) in [4.78, 5) is 28.5. The third kappa shape index (κ3) is 6.61. The summed E-state index contributed by atoms with van der Waals surface area (Å²) in [5.74, 6) is 0.990. The quantitative estimate of drug-likeness (QED) is 0.142. The zero-order valence-electron chi connectivity index (χ0n) is 28.1. The van der Waals surface area contributed by atoms with Crippen LogP contribution in [0.2, 0.25) is 0 Å². The van der Waals surface area contributed by atoms with Gasteiger partial charge in [0.15, 0.2) is 11.5 Å². The van der Waals surface area contributed by atoms with Gasteiger partial charge in [0.25, 0.3) is 0 Å². The van der Waals surface area contributed by atoms with Crippen molar-refractivity contribution < 1.29 is 19.4 Å². The first kappa shape index (κ1) is 32.4. The second kappa shape index (κ2) is 13.9. The Hall–Kier alpha value is -5.78.